The molecule has 1 heterocycles. The molecule has 0 radical (unpaired) electrons. The van der Waals surface area contributed by atoms with E-state index in [1.54, 1.807) is 6.92 Å². The summed E-state index contributed by atoms with van der Waals surface area (Å²) in [5.74, 6) is 2.14. The molecule has 1 fully saturated rings. The van der Waals surface area contributed by atoms with Crippen LogP contribution in [0.4, 0.5) is 0 Å². The molecule has 0 atom stereocenters. The van der Waals surface area contributed by atoms with E-state index in [0.717, 1.165) is 4.90 Å². The molecule has 3 nitrogen and oxygen atoms in total. The summed E-state index contributed by atoms with van der Waals surface area (Å²) in [6, 6.07) is 2.43. The summed E-state index contributed by atoms with van der Waals surface area (Å²) in [5.41, 5.74) is 0. The molecule has 0 spiro atoms. The molecule has 0 aromatic rings. The fourth-order valence-electron chi connectivity index (χ4n) is 0.813. The zero-order valence-electron chi connectivity index (χ0n) is 5.68. The maximum atomic E-state index is 10.8. The van der Waals surface area contributed by atoms with Crippen molar-refractivity contribution in [3.8, 4) is 12.0 Å². The van der Waals surface area contributed by atoms with E-state index in [1.165, 1.54) is 0 Å². The number of hydrogen-bond donors (Lipinski definition) is 0. The summed E-state index contributed by atoms with van der Waals surface area (Å²) in [6.45, 7) is 1.60. The quantitative estimate of drug-likeness (QED) is 0.351. The van der Waals surface area contributed by atoms with Crippen molar-refractivity contribution in [1.82, 2.24) is 4.90 Å². The summed E-state index contributed by atoms with van der Waals surface area (Å²) in [7, 11) is 0. The predicted molar refractivity (Wildman–Crippen MR) is 34.5 cm³/mol. The molecule has 10 heavy (non-hydrogen) atoms. The lowest BCUT2D eigenvalue weighted by molar-refractivity contribution is -0.134. The molecule has 52 valence electrons. The van der Waals surface area contributed by atoms with Gasteiger partial charge >= 0.3 is 0 Å². The highest BCUT2D eigenvalue weighted by molar-refractivity contribution is 6.03. The molecule has 0 aromatic carbocycles. The van der Waals surface area contributed by atoms with Crippen LogP contribution in [0.15, 0.2) is 0 Å². The van der Waals surface area contributed by atoms with E-state index in [9.17, 15) is 9.59 Å². The molecule has 0 aromatic heterocycles. The van der Waals surface area contributed by atoms with E-state index in [2.05, 4.69) is 12.0 Å². The van der Waals surface area contributed by atoms with Crippen LogP contribution in [0.1, 0.15) is 19.8 Å². The Hall–Kier alpha value is -1.30. The summed E-state index contributed by atoms with van der Waals surface area (Å²) in [5, 5.41) is 0. The molecular formula is C7H7NO2. The van der Waals surface area contributed by atoms with Crippen molar-refractivity contribution in [2.24, 2.45) is 0 Å². The average Bonchev–Trinajstić information content (AvgIpc) is 2.20. The fraction of sp³-hybridized carbons (Fsp3) is 0.429. The van der Waals surface area contributed by atoms with Gasteiger partial charge in [-0.1, -0.05) is 5.92 Å². The minimum Gasteiger partial charge on any atom is -0.273 e. The SMILES string of the molecule is CC#CN1C(=O)CCC1=O. The normalized spacial score (nSPS) is 17.1. The van der Waals surface area contributed by atoms with Gasteiger partial charge in [-0.3, -0.25) is 9.59 Å². The number of nitrogens with zero attached hydrogens (tertiary/aromatic N) is 1. The molecule has 0 N–H and O–H groups in total. The van der Waals surface area contributed by atoms with Gasteiger partial charge in [0, 0.05) is 18.9 Å². The zero-order valence-corrected chi connectivity index (χ0v) is 5.68. The van der Waals surface area contributed by atoms with Crippen LogP contribution in [0.2, 0.25) is 0 Å². The van der Waals surface area contributed by atoms with Crippen molar-refractivity contribution < 1.29 is 9.59 Å². The van der Waals surface area contributed by atoms with Crippen molar-refractivity contribution in [2.75, 3.05) is 0 Å². The molecule has 1 saturated heterocycles. The number of hydrogen-bond acceptors (Lipinski definition) is 2. The van der Waals surface area contributed by atoms with Gasteiger partial charge in [0.2, 0.25) is 11.8 Å². The van der Waals surface area contributed by atoms with Gasteiger partial charge in [-0.05, 0) is 6.92 Å². The third-order valence-corrected chi connectivity index (χ3v) is 1.28. The van der Waals surface area contributed by atoms with Gasteiger partial charge in [-0.15, -0.1) is 0 Å². The first kappa shape index (κ1) is 6.81. The Morgan fingerprint density at radius 1 is 1.30 bits per heavy atom. The number of amides is 2. The van der Waals surface area contributed by atoms with Crippen LogP contribution in [0.25, 0.3) is 0 Å². The van der Waals surface area contributed by atoms with Crippen LogP contribution < -0.4 is 0 Å². The zero-order chi connectivity index (χ0) is 7.56. The third kappa shape index (κ3) is 1.01. The third-order valence-electron chi connectivity index (χ3n) is 1.28. The van der Waals surface area contributed by atoms with E-state index in [1.807, 2.05) is 0 Å². The van der Waals surface area contributed by atoms with Crippen LogP contribution in [-0.2, 0) is 9.59 Å². The molecule has 0 bridgehead atoms. The summed E-state index contributed by atoms with van der Waals surface area (Å²) < 4.78 is 0. The fourth-order valence-corrected chi connectivity index (χ4v) is 0.813. The van der Waals surface area contributed by atoms with Crippen LogP contribution >= 0.6 is 0 Å². The topological polar surface area (TPSA) is 37.4 Å². The second-order valence-electron chi connectivity index (χ2n) is 1.98. The van der Waals surface area contributed by atoms with E-state index in [0.29, 0.717) is 12.8 Å². The second kappa shape index (κ2) is 2.53. The highest BCUT2D eigenvalue weighted by Gasteiger charge is 2.27. The Labute approximate surface area is 59.0 Å². The maximum absolute atomic E-state index is 10.8. The molecule has 0 unspecified atom stereocenters. The number of likely N-dealkylation sites (tertiary alicyclic amines) is 1. The first-order valence-electron chi connectivity index (χ1n) is 3.04. The van der Waals surface area contributed by atoms with Gasteiger partial charge in [0.05, 0.1) is 0 Å². The van der Waals surface area contributed by atoms with Gasteiger partial charge in [-0.25, -0.2) is 4.90 Å². The van der Waals surface area contributed by atoms with Gasteiger partial charge in [0.25, 0.3) is 0 Å². The smallest absolute Gasteiger partial charge is 0.241 e. The summed E-state index contributed by atoms with van der Waals surface area (Å²) in [6.07, 6.45) is 0.626. The molecule has 3 heteroatoms. The lowest BCUT2D eigenvalue weighted by Gasteiger charge is -2.00. The Bertz CT molecular complexity index is 218. The largest absolute Gasteiger partial charge is 0.273 e. The Morgan fingerprint density at radius 2 is 1.80 bits per heavy atom. The van der Waals surface area contributed by atoms with Crippen LogP contribution in [0.5, 0.6) is 0 Å². The van der Waals surface area contributed by atoms with Gasteiger partial charge in [-0.2, -0.15) is 0 Å². The van der Waals surface area contributed by atoms with Crippen molar-refractivity contribution in [2.45, 2.75) is 19.8 Å². The van der Waals surface area contributed by atoms with Crippen LogP contribution in [0.3, 0.4) is 0 Å². The second-order valence-corrected chi connectivity index (χ2v) is 1.98. The lowest BCUT2D eigenvalue weighted by atomic mass is 10.4. The predicted octanol–water partition coefficient (Wildman–Crippen LogP) is 0.116. The molecule has 0 aliphatic carbocycles. The van der Waals surface area contributed by atoms with Gasteiger partial charge < -0.3 is 0 Å². The molecule has 1 rings (SSSR count). The molecule has 1 aliphatic rings. The summed E-state index contributed by atoms with van der Waals surface area (Å²) >= 11 is 0. The maximum Gasteiger partial charge on any atom is 0.241 e. The van der Waals surface area contributed by atoms with E-state index in [-0.39, 0.29) is 11.8 Å². The highest BCUT2D eigenvalue weighted by Crippen LogP contribution is 2.09. The van der Waals surface area contributed by atoms with E-state index >= 15 is 0 Å². The number of rotatable bonds is 0. The number of carbonyl (C=O) groups excluding carboxylic acids is 2. The highest BCUT2D eigenvalue weighted by atomic mass is 16.2. The van der Waals surface area contributed by atoms with Crippen molar-refractivity contribution in [3.05, 3.63) is 0 Å². The monoisotopic (exact) mass is 137 g/mol. The Morgan fingerprint density at radius 3 is 2.20 bits per heavy atom. The van der Waals surface area contributed by atoms with Crippen molar-refractivity contribution in [1.29, 1.82) is 0 Å². The minimum atomic E-state index is -0.181. The molecule has 1 aliphatic heterocycles. The number of imide groups is 1. The van der Waals surface area contributed by atoms with E-state index < -0.39 is 0 Å². The summed E-state index contributed by atoms with van der Waals surface area (Å²) in [4.78, 5) is 22.5. The van der Waals surface area contributed by atoms with Crippen molar-refractivity contribution in [3.63, 3.8) is 0 Å². The molecule has 2 amide bonds. The van der Waals surface area contributed by atoms with Crippen LogP contribution in [0, 0.1) is 12.0 Å². The number of carbonyl (C=O) groups is 2. The van der Waals surface area contributed by atoms with Crippen LogP contribution in [-0.4, -0.2) is 16.7 Å². The first-order valence-corrected chi connectivity index (χ1v) is 3.04. The average molecular weight is 137 g/mol. The lowest BCUT2D eigenvalue weighted by Crippen LogP contribution is -2.23. The standard InChI is InChI=1S/C7H7NO2/c1-2-5-8-6(9)3-4-7(8)10/h3-4H2,1H3. The Balaban J connectivity index is 2.79. The minimum absolute atomic E-state index is 0.181. The molecular weight excluding hydrogens is 130 g/mol. The van der Waals surface area contributed by atoms with E-state index in [4.69, 9.17) is 0 Å². The van der Waals surface area contributed by atoms with Gasteiger partial charge in [0.1, 0.15) is 0 Å². The Kier molecular flexibility index (Phi) is 1.72. The van der Waals surface area contributed by atoms with Crippen molar-refractivity contribution >= 4 is 11.8 Å². The molecule has 0 saturated carbocycles. The van der Waals surface area contributed by atoms with Gasteiger partial charge in [0.15, 0.2) is 0 Å². The first-order chi connectivity index (χ1) is 4.75.